The highest BCUT2D eigenvalue weighted by atomic mass is 19.1. The Morgan fingerprint density at radius 2 is 1.84 bits per heavy atom. The van der Waals surface area contributed by atoms with Gasteiger partial charge in [0, 0.05) is 30.7 Å². The zero-order valence-corrected chi connectivity index (χ0v) is 14.7. The highest BCUT2D eigenvalue weighted by Crippen LogP contribution is 2.33. The zero-order chi connectivity index (χ0) is 17.8. The molecule has 3 rings (SSSR count). The molecule has 0 aliphatic heterocycles. The summed E-state index contributed by atoms with van der Waals surface area (Å²) in [5, 5.41) is 3.13. The lowest BCUT2D eigenvalue weighted by Gasteiger charge is -2.12. The average Bonchev–Trinajstić information content (AvgIpc) is 2.97. The lowest BCUT2D eigenvalue weighted by molar-refractivity contribution is 0.355. The van der Waals surface area contributed by atoms with Crippen molar-refractivity contribution in [3.63, 3.8) is 0 Å². The lowest BCUT2D eigenvalue weighted by Crippen LogP contribution is -2.15. The van der Waals surface area contributed by atoms with Gasteiger partial charge >= 0.3 is 0 Å². The molecule has 0 bridgehead atoms. The van der Waals surface area contributed by atoms with Gasteiger partial charge in [-0.05, 0) is 13.1 Å². The molecule has 6 heteroatoms. The molecule has 0 aliphatic rings. The molecule has 25 heavy (non-hydrogen) atoms. The number of fused-ring (bicyclic) bond motifs is 1. The van der Waals surface area contributed by atoms with Crippen molar-refractivity contribution in [1.82, 2.24) is 14.9 Å². The number of nitrogens with zero attached hydrogens (tertiary/aromatic N) is 2. The number of imidazole rings is 1. The van der Waals surface area contributed by atoms with E-state index in [1.54, 1.807) is 26.4 Å². The van der Waals surface area contributed by atoms with Crippen LogP contribution < -0.4 is 14.8 Å². The second-order valence-corrected chi connectivity index (χ2v) is 5.76. The highest BCUT2D eigenvalue weighted by molar-refractivity contribution is 5.80. The fourth-order valence-corrected chi connectivity index (χ4v) is 2.90. The van der Waals surface area contributed by atoms with Crippen LogP contribution in [0.2, 0.25) is 0 Å². The summed E-state index contributed by atoms with van der Waals surface area (Å²) in [6, 6.07) is 10.6. The second kappa shape index (κ2) is 7.53. The smallest absolute Gasteiger partial charge is 0.163 e. The van der Waals surface area contributed by atoms with E-state index in [1.165, 1.54) is 6.07 Å². The Labute approximate surface area is 146 Å². The number of benzene rings is 2. The van der Waals surface area contributed by atoms with Crippen molar-refractivity contribution in [2.75, 3.05) is 27.8 Å². The van der Waals surface area contributed by atoms with Gasteiger partial charge in [0.2, 0.25) is 0 Å². The summed E-state index contributed by atoms with van der Waals surface area (Å²) >= 11 is 0. The van der Waals surface area contributed by atoms with Crippen LogP contribution in [0, 0.1) is 5.82 Å². The van der Waals surface area contributed by atoms with Crippen LogP contribution in [0.25, 0.3) is 11.0 Å². The van der Waals surface area contributed by atoms with Gasteiger partial charge in [-0.25, -0.2) is 9.37 Å². The Bertz CT molecular complexity index is 876. The van der Waals surface area contributed by atoms with Crippen LogP contribution in [0.5, 0.6) is 11.5 Å². The van der Waals surface area contributed by atoms with Crippen LogP contribution in [0.4, 0.5) is 4.39 Å². The van der Waals surface area contributed by atoms with Crippen molar-refractivity contribution in [1.29, 1.82) is 0 Å². The Hall–Kier alpha value is -2.60. The Morgan fingerprint density at radius 3 is 2.52 bits per heavy atom. The number of aromatic nitrogens is 2. The highest BCUT2D eigenvalue weighted by Gasteiger charge is 2.16. The van der Waals surface area contributed by atoms with Gasteiger partial charge in [0.1, 0.15) is 11.6 Å². The molecule has 0 aliphatic carbocycles. The predicted molar refractivity (Wildman–Crippen MR) is 96.0 cm³/mol. The van der Waals surface area contributed by atoms with Crippen molar-refractivity contribution in [2.24, 2.45) is 0 Å². The molecule has 0 spiro atoms. The number of rotatable bonds is 7. The maximum Gasteiger partial charge on any atom is 0.163 e. The first-order valence-electron chi connectivity index (χ1n) is 8.17. The van der Waals surface area contributed by atoms with E-state index in [4.69, 9.17) is 14.5 Å². The molecule has 0 amide bonds. The summed E-state index contributed by atoms with van der Waals surface area (Å²) in [6.45, 7) is 1.20. The molecule has 1 aromatic heterocycles. The van der Waals surface area contributed by atoms with Crippen molar-refractivity contribution in [3.8, 4) is 11.5 Å². The molecule has 0 saturated heterocycles. The van der Waals surface area contributed by atoms with Gasteiger partial charge < -0.3 is 19.4 Å². The fraction of sp³-hybridized carbons (Fsp3) is 0.316. The molecule has 2 aromatic carbocycles. The predicted octanol–water partition coefficient (Wildman–Crippen LogP) is 3.00. The molecule has 132 valence electrons. The van der Waals surface area contributed by atoms with Crippen LogP contribution in [0.1, 0.15) is 11.4 Å². The quantitative estimate of drug-likeness (QED) is 0.716. The number of ether oxygens (including phenoxy) is 2. The van der Waals surface area contributed by atoms with E-state index in [9.17, 15) is 4.39 Å². The molecule has 0 fully saturated rings. The van der Waals surface area contributed by atoms with Crippen LogP contribution >= 0.6 is 0 Å². The monoisotopic (exact) mass is 343 g/mol. The molecule has 3 aromatic rings. The van der Waals surface area contributed by atoms with Gasteiger partial charge in [0.05, 0.1) is 31.8 Å². The van der Waals surface area contributed by atoms with Gasteiger partial charge in [-0.2, -0.15) is 0 Å². The minimum absolute atomic E-state index is 0.218. The molecule has 5 nitrogen and oxygen atoms in total. The minimum atomic E-state index is -0.218. The topological polar surface area (TPSA) is 48.3 Å². The van der Waals surface area contributed by atoms with Gasteiger partial charge in [0.25, 0.3) is 0 Å². The van der Waals surface area contributed by atoms with Crippen molar-refractivity contribution in [3.05, 3.63) is 53.6 Å². The van der Waals surface area contributed by atoms with Crippen LogP contribution in [0.3, 0.4) is 0 Å². The summed E-state index contributed by atoms with van der Waals surface area (Å²) < 4.78 is 26.9. The van der Waals surface area contributed by atoms with Crippen molar-refractivity contribution >= 4 is 11.0 Å². The number of likely N-dealkylation sites (N-methyl/N-ethyl adjacent to an activating group) is 1. The van der Waals surface area contributed by atoms with Crippen molar-refractivity contribution in [2.45, 2.75) is 13.0 Å². The average molecular weight is 343 g/mol. The first-order chi connectivity index (χ1) is 12.2. The number of halogens is 1. The van der Waals surface area contributed by atoms with E-state index in [2.05, 4.69) is 5.32 Å². The standard InChI is InChI=1S/C19H22FN3O2/c1-21-9-8-19-22-15-10-17(24-2)18(25-3)11-16(15)23(19)12-13-6-4-5-7-14(13)20/h4-7,10-11,21H,8-9,12H2,1-3H3. The molecule has 0 atom stereocenters. The van der Waals surface area contributed by atoms with E-state index in [0.29, 0.717) is 23.6 Å². The molecule has 1 N–H and O–H groups in total. The molecular formula is C19H22FN3O2. The number of methoxy groups -OCH3 is 2. The summed E-state index contributed by atoms with van der Waals surface area (Å²) in [7, 11) is 5.10. The van der Waals surface area contributed by atoms with Crippen LogP contribution in [-0.2, 0) is 13.0 Å². The summed E-state index contributed by atoms with van der Waals surface area (Å²) in [6.07, 6.45) is 0.740. The summed E-state index contributed by atoms with van der Waals surface area (Å²) in [5.74, 6) is 1.93. The van der Waals surface area contributed by atoms with E-state index < -0.39 is 0 Å². The van der Waals surface area contributed by atoms with E-state index >= 15 is 0 Å². The lowest BCUT2D eigenvalue weighted by atomic mass is 10.2. The fourth-order valence-electron chi connectivity index (χ4n) is 2.90. The summed E-state index contributed by atoms with van der Waals surface area (Å²) in [5.41, 5.74) is 2.33. The van der Waals surface area contributed by atoms with Crippen LogP contribution in [0.15, 0.2) is 36.4 Å². The molecule has 0 saturated carbocycles. The Balaban J connectivity index is 2.13. The van der Waals surface area contributed by atoms with Gasteiger partial charge in [-0.15, -0.1) is 0 Å². The number of hydrogen-bond donors (Lipinski definition) is 1. The normalized spacial score (nSPS) is 11.0. The molecule has 0 radical (unpaired) electrons. The Morgan fingerprint density at radius 1 is 1.12 bits per heavy atom. The zero-order valence-electron chi connectivity index (χ0n) is 14.7. The van der Waals surface area contributed by atoms with E-state index in [0.717, 1.165) is 29.8 Å². The third-order valence-corrected chi connectivity index (χ3v) is 4.22. The van der Waals surface area contributed by atoms with Gasteiger partial charge in [0.15, 0.2) is 11.5 Å². The number of hydrogen-bond acceptors (Lipinski definition) is 4. The molecule has 0 unspecified atom stereocenters. The minimum Gasteiger partial charge on any atom is -0.493 e. The first kappa shape index (κ1) is 17.2. The maximum atomic E-state index is 14.1. The second-order valence-electron chi connectivity index (χ2n) is 5.76. The first-order valence-corrected chi connectivity index (χ1v) is 8.17. The summed E-state index contributed by atoms with van der Waals surface area (Å²) in [4.78, 5) is 4.72. The number of nitrogens with one attached hydrogen (secondary N) is 1. The largest absolute Gasteiger partial charge is 0.493 e. The van der Waals surface area contributed by atoms with Crippen molar-refractivity contribution < 1.29 is 13.9 Å². The van der Waals surface area contributed by atoms with E-state index in [-0.39, 0.29) is 5.82 Å². The maximum absolute atomic E-state index is 14.1. The molecular weight excluding hydrogens is 321 g/mol. The Kier molecular flexibility index (Phi) is 5.19. The van der Waals surface area contributed by atoms with E-state index in [1.807, 2.05) is 29.8 Å². The third-order valence-electron chi connectivity index (χ3n) is 4.22. The SMILES string of the molecule is CNCCc1nc2cc(OC)c(OC)cc2n1Cc1ccccc1F. The van der Waals surface area contributed by atoms with Gasteiger partial charge in [-0.3, -0.25) is 0 Å². The molecule has 1 heterocycles. The third kappa shape index (κ3) is 3.44. The van der Waals surface area contributed by atoms with Gasteiger partial charge in [-0.1, -0.05) is 18.2 Å². The van der Waals surface area contributed by atoms with Crippen LogP contribution in [-0.4, -0.2) is 37.4 Å².